The molecule has 0 radical (unpaired) electrons. The minimum atomic E-state index is -3.56. The van der Waals surface area contributed by atoms with Gasteiger partial charge in [-0.2, -0.15) is 0 Å². The van der Waals surface area contributed by atoms with Crippen LogP contribution >= 0.6 is 0 Å². The maximum Gasteiger partial charge on any atom is 0.407 e. The Morgan fingerprint density at radius 1 is 1.06 bits per heavy atom. The first-order valence-corrected chi connectivity index (χ1v) is 12.4. The lowest BCUT2D eigenvalue weighted by atomic mass is 9.98. The lowest BCUT2D eigenvalue weighted by Gasteiger charge is -2.14. The topological polar surface area (TPSA) is 116 Å². The van der Waals surface area contributed by atoms with Crippen molar-refractivity contribution in [1.29, 1.82) is 0 Å². The van der Waals surface area contributed by atoms with Crippen LogP contribution < -0.4 is 5.32 Å². The summed E-state index contributed by atoms with van der Waals surface area (Å²) in [5, 5.41) is 13.9. The molecule has 34 heavy (non-hydrogen) atoms. The fraction of sp³-hybridized carbons (Fsp3) is 0.160. The largest absolute Gasteiger partial charge is 0.449 e. The molecule has 0 aliphatic heterocycles. The summed E-state index contributed by atoms with van der Waals surface area (Å²) >= 11 is 0. The monoisotopic (exact) mass is 478 g/mol. The Morgan fingerprint density at radius 3 is 2.26 bits per heavy atom. The standard InChI is InChI=1S/C25H22N2O6S/c1-34(31,32)18-13-12-17(24(15-18)27(29)30)7-6-14-26-25(28)33-16-23-21-10-4-2-8-19(21)20-9-3-5-11-22(20)23/h2-13,15,23H,14,16H2,1H3,(H,26,28). The lowest BCUT2D eigenvalue weighted by molar-refractivity contribution is -0.385. The number of carbonyl (C=O) groups is 1. The number of rotatable bonds is 7. The van der Waals surface area contributed by atoms with E-state index in [9.17, 15) is 23.3 Å². The fourth-order valence-electron chi connectivity index (χ4n) is 4.03. The molecule has 0 atom stereocenters. The van der Waals surface area contributed by atoms with Crippen LogP contribution in [0.2, 0.25) is 0 Å². The van der Waals surface area contributed by atoms with E-state index in [-0.39, 0.29) is 35.2 Å². The number of benzene rings is 3. The van der Waals surface area contributed by atoms with Gasteiger partial charge in [0, 0.05) is 24.8 Å². The van der Waals surface area contributed by atoms with Crippen molar-refractivity contribution in [3.05, 3.63) is 99.6 Å². The van der Waals surface area contributed by atoms with Crippen molar-refractivity contribution in [2.75, 3.05) is 19.4 Å². The van der Waals surface area contributed by atoms with Gasteiger partial charge < -0.3 is 10.1 Å². The second kappa shape index (κ2) is 9.48. The first kappa shape index (κ1) is 23.2. The molecule has 1 amide bonds. The van der Waals surface area contributed by atoms with Crippen molar-refractivity contribution in [3.8, 4) is 11.1 Å². The van der Waals surface area contributed by atoms with E-state index >= 15 is 0 Å². The quantitative estimate of drug-likeness (QED) is 0.393. The zero-order valence-corrected chi connectivity index (χ0v) is 19.1. The van der Waals surface area contributed by atoms with Crippen LogP contribution in [0, 0.1) is 10.1 Å². The Balaban J connectivity index is 1.36. The van der Waals surface area contributed by atoms with Gasteiger partial charge >= 0.3 is 6.09 Å². The first-order chi connectivity index (χ1) is 16.3. The summed E-state index contributed by atoms with van der Waals surface area (Å²) in [5.41, 5.74) is 4.39. The number of nitrogens with one attached hydrogen (secondary N) is 1. The number of fused-ring (bicyclic) bond motifs is 3. The van der Waals surface area contributed by atoms with Crippen molar-refractivity contribution < 1.29 is 22.9 Å². The third-order valence-electron chi connectivity index (χ3n) is 5.63. The Kier molecular flexibility index (Phi) is 6.47. The van der Waals surface area contributed by atoms with E-state index in [4.69, 9.17) is 4.74 Å². The van der Waals surface area contributed by atoms with Crippen LogP contribution in [0.1, 0.15) is 22.6 Å². The molecular formula is C25H22N2O6S. The molecule has 0 unspecified atom stereocenters. The lowest BCUT2D eigenvalue weighted by Crippen LogP contribution is -2.26. The molecule has 0 heterocycles. The van der Waals surface area contributed by atoms with Crippen molar-refractivity contribution in [2.24, 2.45) is 0 Å². The summed E-state index contributed by atoms with van der Waals surface area (Å²) in [7, 11) is -3.56. The molecule has 3 aromatic rings. The number of hydrogen-bond acceptors (Lipinski definition) is 6. The average Bonchev–Trinajstić information content (AvgIpc) is 3.13. The minimum absolute atomic E-state index is 0.0512. The van der Waals surface area contributed by atoms with Gasteiger partial charge in [-0.25, -0.2) is 13.2 Å². The zero-order chi connectivity index (χ0) is 24.3. The van der Waals surface area contributed by atoms with Crippen molar-refractivity contribution >= 4 is 27.7 Å². The summed E-state index contributed by atoms with van der Waals surface area (Å²) in [6.07, 6.45) is 3.37. The van der Waals surface area contributed by atoms with Crippen molar-refractivity contribution in [1.82, 2.24) is 5.32 Å². The van der Waals surface area contributed by atoms with E-state index in [1.54, 1.807) is 0 Å². The molecule has 0 aromatic heterocycles. The van der Waals surface area contributed by atoms with E-state index < -0.39 is 20.9 Å². The van der Waals surface area contributed by atoms with Crippen LogP contribution in [0.25, 0.3) is 17.2 Å². The van der Waals surface area contributed by atoms with E-state index in [2.05, 4.69) is 17.4 Å². The highest BCUT2D eigenvalue weighted by molar-refractivity contribution is 7.90. The third kappa shape index (κ3) is 4.84. The number of carbonyl (C=O) groups excluding carboxylic acids is 1. The Morgan fingerprint density at radius 2 is 1.68 bits per heavy atom. The molecule has 8 nitrogen and oxygen atoms in total. The van der Waals surface area contributed by atoms with E-state index in [0.717, 1.165) is 34.6 Å². The summed E-state index contributed by atoms with van der Waals surface area (Å²) < 4.78 is 28.7. The molecule has 0 spiro atoms. The number of nitro groups is 1. The summed E-state index contributed by atoms with van der Waals surface area (Å²) in [6.45, 7) is 0.268. The highest BCUT2D eigenvalue weighted by Gasteiger charge is 2.28. The molecule has 0 saturated carbocycles. The number of nitro benzene ring substituents is 1. The molecule has 0 bridgehead atoms. The number of nitrogens with zero attached hydrogens (tertiary/aromatic N) is 1. The first-order valence-electron chi connectivity index (χ1n) is 10.5. The number of hydrogen-bond donors (Lipinski definition) is 1. The predicted molar refractivity (Wildman–Crippen MR) is 128 cm³/mol. The maximum absolute atomic E-state index is 12.2. The number of sulfone groups is 1. The van der Waals surface area contributed by atoms with Gasteiger partial charge in [0.15, 0.2) is 9.84 Å². The summed E-state index contributed by atoms with van der Waals surface area (Å²) in [5.74, 6) is -0.0512. The molecule has 1 N–H and O–H groups in total. The van der Waals surface area contributed by atoms with E-state index in [0.29, 0.717) is 0 Å². The second-order valence-electron chi connectivity index (χ2n) is 7.86. The normalized spacial score (nSPS) is 12.9. The van der Waals surface area contributed by atoms with Gasteiger partial charge in [-0.05, 0) is 34.4 Å². The van der Waals surface area contributed by atoms with Crippen molar-refractivity contribution in [2.45, 2.75) is 10.8 Å². The van der Waals surface area contributed by atoms with E-state index in [1.807, 2.05) is 36.4 Å². The van der Waals surface area contributed by atoms with E-state index in [1.165, 1.54) is 24.3 Å². The zero-order valence-electron chi connectivity index (χ0n) is 18.3. The average molecular weight is 479 g/mol. The smallest absolute Gasteiger partial charge is 0.407 e. The number of amides is 1. The SMILES string of the molecule is CS(=O)(=O)c1ccc(C=CCNC(=O)OCC2c3ccccc3-c3ccccc32)c([N+](=O)[O-])c1. The Labute approximate surface area is 197 Å². The predicted octanol–water partition coefficient (Wildman–Crippen LogP) is 4.55. The van der Waals surface area contributed by atoms with Crippen LogP contribution in [0.4, 0.5) is 10.5 Å². The maximum atomic E-state index is 12.2. The van der Waals surface area contributed by atoms with Crippen molar-refractivity contribution in [3.63, 3.8) is 0 Å². The van der Waals surface area contributed by atoms with Gasteiger partial charge in [-0.3, -0.25) is 10.1 Å². The van der Waals surface area contributed by atoms with Crippen LogP contribution in [0.5, 0.6) is 0 Å². The molecule has 1 aliphatic carbocycles. The van der Waals surface area contributed by atoms with Gasteiger partial charge in [0.25, 0.3) is 5.69 Å². The molecule has 4 rings (SSSR count). The molecule has 0 fully saturated rings. The third-order valence-corrected chi connectivity index (χ3v) is 6.74. The fourth-order valence-corrected chi connectivity index (χ4v) is 4.67. The van der Waals surface area contributed by atoms with Gasteiger partial charge in [-0.15, -0.1) is 0 Å². The van der Waals surface area contributed by atoms with Crippen LogP contribution in [-0.2, 0) is 14.6 Å². The number of ether oxygens (including phenoxy) is 1. The van der Waals surface area contributed by atoms with Gasteiger partial charge in [0.2, 0.25) is 0 Å². The highest BCUT2D eigenvalue weighted by atomic mass is 32.2. The Hall–Kier alpha value is -3.98. The van der Waals surface area contributed by atoms with Crippen LogP contribution in [0.15, 0.2) is 77.7 Å². The van der Waals surface area contributed by atoms with Gasteiger partial charge in [-0.1, -0.05) is 60.7 Å². The van der Waals surface area contributed by atoms with Crippen LogP contribution in [-0.4, -0.2) is 38.8 Å². The molecule has 3 aromatic carbocycles. The second-order valence-corrected chi connectivity index (χ2v) is 9.87. The number of alkyl carbamates (subject to hydrolysis) is 1. The minimum Gasteiger partial charge on any atom is -0.449 e. The highest BCUT2D eigenvalue weighted by Crippen LogP contribution is 2.44. The Bertz CT molecular complexity index is 1350. The van der Waals surface area contributed by atoms with Crippen LogP contribution in [0.3, 0.4) is 0 Å². The molecular weight excluding hydrogens is 456 g/mol. The van der Waals surface area contributed by atoms with Gasteiger partial charge in [0.05, 0.1) is 15.4 Å². The molecule has 1 aliphatic rings. The molecule has 9 heteroatoms. The molecule has 174 valence electrons. The van der Waals surface area contributed by atoms with Gasteiger partial charge in [0.1, 0.15) is 6.61 Å². The molecule has 0 saturated heterocycles. The summed E-state index contributed by atoms with van der Waals surface area (Å²) in [4.78, 5) is 22.8. The summed E-state index contributed by atoms with van der Waals surface area (Å²) in [6, 6.07) is 19.8.